The molecule has 1 unspecified atom stereocenters. The average molecular weight is 147 g/mol. The first-order chi connectivity index (χ1) is 4.54. The fourth-order valence-corrected chi connectivity index (χ4v) is 0.0430. The van der Waals surface area contributed by atoms with Crippen LogP contribution in [0.2, 0.25) is 0 Å². The van der Waals surface area contributed by atoms with E-state index in [0.717, 1.165) is 0 Å². The van der Waals surface area contributed by atoms with Gasteiger partial charge in [0.2, 0.25) is 0 Å². The SMILES string of the molecule is C=C(C)[O-].O=CC(O)CO. The van der Waals surface area contributed by atoms with E-state index in [1.54, 1.807) is 0 Å². The number of hydrogen-bond acceptors (Lipinski definition) is 4. The molecule has 0 bridgehead atoms. The van der Waals surface area contributed by atoms with E-state index in [4.69, 9.17) is 10.2 Å². The zero-order valence-electron chi connectivity index (χ0n) is 5.78. The van der Waals surface area contributed by atoms with E-state index in [-0.39, 0.29) is 12.0 Å². The molecule has 0 aliphatic rings. The molecule has 4 heteroatoms. The summed E-state index contributed by atoms with van der Waals surface area (Å²) in [6.07, 6.45) is -0.912. The zero-order chi connectivity index (χ0) is 8.57. The van der Waals surface area contributed by atoms with Gasteiger partial charge in [-0.15, -0.1) is 12.3 Å². The normalized spacial score (nSPS) is 10.7. The first kappa shape index (κ1) is 11.9. The van der Waals surface area contributed by atoms with E-state index in [9.17, 15) is 9.90 Å². The zero-order valence-corrected chi connectivity index (χ0v) is 5.78. The molecular weight excluding hydrogens is 136 g/mol. The molecular formula is C6H11O4-. The van der Waals surface area contributed by atoms with Crippen LogP contribution in [0.4, 0.5) is 0 Å². The highest BCUT2D eigenvalue weighted by atomic mass is 16.3. The highest BCUT2D eigenvalue weighted by Gasteiger charge is 1.92. The van der Waals surface area contributed by atoms with Gasteiger partial charge in [-0.25, -0.2) is 0 Å². The Bertz CT molecular complexity index is 95.9. The second kappa shape index (κ2) is 8.13. The molecule has 0 aliphatic carbocycles. The first-order valence-electron chi connectivity index (χ1n) is 2.61. The average Bonchev–Trinajstić information content (AvgIpc) is 1.85. The minimum absolute atomic E-state index is 0.0833. The van der Waals surface area contributed by atoms with Crippen molar-refractivity contribution in [2.24, 2.45) is 0 Å². The Labute approximate surface area is 59.4 Å². The predicted molar refractivity (Wildman–Crippen MR) is 34.0 cm³/mol. The summed E-state index contributed by atoms with van der Waals surface area (Å²) in [5.74, 6) is -0.0833. The number of carbonyl (C=O) groups excluding carboxylic acids is 1. The van der Waals surface area contributed by atoms with Crippen LogP contribution in [0.25, 0.3) is 0 Å². The molecule has 0 heterocycles. The van der Waals surface area contributed by atoms with Gasteiger partial charge in [0.15, 0.2) is 6.29 Å². The molecule has 1 atom stereocenters. The van der Waals surface area contributed by atoms with Crippen LogP contribution in [0.3, 0.4) is 0 Å². The van der Waals surface area contributed by atoms with Crippen molar-refractivity contribution in [2.75, 3.05) is 6.61 Å². The van der Waals surface area contributed by atoms with Gasteiger partial charge in [0, 0.05) is 0 Å². The lowest BCUT2D eigenvalue weighted by molar-refractivity contribution is -0.300. The van der Waals surface area contributed by atoms with Gasteiger partial charge >= 0.3 is 0 Å². The van der Waals surface area contributed by atoms with Gasteiger partial charge in [-0.2, -0.15) is 0 Å². The number of aliphatic hydroxyl groups excluding tert-OH is 2. The molecule has 0 saturated heterocycles. The van der Waals surface area contributed by atoms with E-state index in [1.165, 1.54) is 6.92 Å². The van der Waals surface area contributed by atoms with Gasteiger partial charge < -0.3 is 20.1 Å². The van der Waals surface area contributed by atoms with Crippen molar-refractivity contribution in [1.82, 2.24) is 0 Å². The molecule has 0 aromatic heterocycles. The van der Waals surface area contributed by atoms with Gasteiger partial charge in [-0.3, -0.25) is 0 Å². The molecule has 4 nitrogen and oxygen atoms in total. The standard InChI is InChI=1S/C3H6O3.C3H6O/c4-1-3(6)2-5;1-3(2)4/h1,3,5-6H,2H2;4H,1H2,2H3/p-1. The fraction of sp³-hybridized carbons (Fsp3) is 0.500. The molecule has 2 N–H and O–H groups in total. The molecule has 0 fully saturated rings. The van der Waals surface area contributed by atoms with E-state index in [2.05, 4.69) is 6.58 Å². The topological polar surface area (TPSA) is 80.6 Å². The Balaban J connectivity index is 0. The minimum atomic E-state index is -1.19. The van der Waals surface area contributed by atoms with E-state index < -0.39 is 12.7 Å². The largest absolute Gasteiger partial charge is 0.876 e. The summed E-state index contributed by atoms with van der Waals surface area (Å²) < 4.78 is 0. The van der Waals surface area contributed by atoms with Crippen LogP contribution >= 0.6 is 0 Å². The van der Waals surface area contributed by atoms with Crippen molar-refractivity contribution in [1.29, 1.82) is 0 Å². The molecule has 0 aromatic rings. The Morgan fingerprint density at radius 1 is 1.90 bits per heavy atom. The van der Waals surface area contributed by atoms with Crippen molar-refractivity contribution in [3.63, 3.8) is 0 Å². The van der Waals surface area contributed by atoms with Gasteiger partial charge in [0.05, 0.1) is 6.61 Å². The molecule has 0 aliphatic heterocycles. The maximum Gasteiger partial charge on any atom is 0.150 e. The van der Waals surface area contributed by atoms with Crippen molar-refractivity contribution in [2.45, 2.75) is 13.0 Å². The Kier molecular flexibility index (Phi) is 9.65. The van der Waals surface area contributed by atoms with Crippen LogP contribution in [-0.4, -0.2) is 29.2 Å². The van der Waals surface area contributed by atoms with Gasteiger partial charge in [0.1, 0.15) is 6.10 Å². The first-order valence-corrected chi connectivity index (χ1v) is 2.61. The number of aliphatic hydroxyl groups is 2. The van der Waals surface area contributed by atoms with Crippen LogP contribution in [-0.2, 0) is 4.79 Å². The lowest BCUT2D eigenvalue weighted by atomic mass is 10.4. The third-order valence-electron chi connectivity index (χ3n) is 0.344. The van der Waals surface area contributed by atoms with Crippen LogP contribution in [0, 0.1) is 0 Å². The maximum absolute atomic E-state index is 9.33. The minimum Gasteiger partial charge on any atom is -0.876 e. The van der Waals surface area contributed by atoms with Crippen molar-refractivity contribution in [3.05, 3.63) is 12.3 Å². The summed E-state index contributed by atoms with van der Waals surface area (Å²) in [4.78, 5) is 9.33. The molecule has 0 rings (SSSR count). The van der Waals surface area contributed by atoms with Crippen molar-refractivity contribution in [3.8, 4) is 0 Å². The summed E-state index contributed by atoms with van der Waals surface area (Å²) in [6.45, 7) is 3.93. The number of aldehydes is 1. The second-order valence-corrected chi connectivity index (χ2v) is 1.59. The van der Waals surface area contributed by atoms with Gasteiger partial charge in [-0.05, 0) is 0 Å². The fourth-order valence-electron chi connectivity index (χ4n) is 0.0430. The third-order valence-corrected chi connectivity index (χ3v) is 0.344. The number of carbonyl (C=O) groups is 1. The molecule has 60 valence electrons. The lowest BCUT2D eigenvalue weighted by Gasteiger charge is -1.92. The maximum atomic E-state index is 9.33. The Morgan fingerprint density at radius 2 is 2.20 bits per heavy atom. The summed E-state index contributed by atoms with van der Waals surface area (Å²) >= 11 is 0. The monoisotopic (exact) mass is 147 g/mol. The summed E-state index contributed by atoms with van der Waals surface area (Å²) in [7, 11) is 0. The molecule has 0 saturated carbocycles. The van der Waals surface area contributed by atoms with Gasteiger partial charge in [-0.1, -0.05) is 6.92 Å². The quantitative estimate of drug-likeness (QED) is 0.365. The molecule has 10 heavy (non-hydrogen) atoms. The summed E-state index contributed by atoms with van der Waals surface area (Å²) in [6, 6.07) is 0. The molecule has 0 aromatic carbocycles. The number of rotatable bonds is 2. The van der Waals surface area contributed by atoms with E-state index >= 15 is 0 Å². The van der Waals surface area contributed by atoms with E-state index in [0.29, 0.717) is 0 Å². The Hall–Kier alpha value is -0.870. The van der Waals surface area contributed by atoms with Crippen LogP contribution < -0.4 is 5.11 Å². The Morgan fingerprint density at radius 3 is 2.20 bits per heavy atom. The number of hydrogen-bond donors (Lipinski definition) is 2. The van der Waals surface area contributed by atoms with Crippen LogP contribution in [0.5, 0.6) is 0 Å². The second-order valence-electron chi connectivity index (χ2n) is 1.59. The summed E-state index contributed by atoms with van der Waals surface area (Å²) in [5, 5.41) is 25.2. The van der Waals surface area contributed by atoms with Crippen LogP contribution in [0.15, 0.2) is 12.3 Å². The predicted octanol–water partition coefficient (Wildman–Crippen LogP) is -1.58. The number of allylic oxidation sites excluding steroid dienone is 1. The lowest BCUT2D eigenvalue weighted by Crippen LogP contribution is -2.12. The third kappa shape index (κ3) is 27.3. The molecule has 0 spiro atoms. The van der Waals surface area contributed by atoms with Crippen LogP contribution in [0.1, 0.15) is 6.92 Å². The smallest absolute Gasteiger partial charge is 0.150 e. The van der Waals surface area contributed by atoms with Crippen molar-refractivity contribution >= 4 is 6.29 Å². The van der Waals surface area contributed by atoms with Gasteiger partial charge in [0.25, 0.3) is 0 Å². The molecule has 0 amide bonds. The molecule has 0 radical (unpaired) electrons. The van der Waals surface area contributed by atoms with E-state index in [1.807, 2.05) is 0 Å². The highest BCUT2D eigenvalue weighted by molar-refractivity contribution is 5.55. The summed E-state index contributed by atoms with van der Waals surface area (Å²) in [5.41, 5.74) is 0. The van der Waals surface area contributed by atoms with Crippen molar-refractivity contribution < 1.29 is 20.1 Å². The highest BCUT2D eigenvalue weighted by Crippen LogP contribution is 1.66.